The van der Waals surface area contributed by atoms with E-state index in [1.807, 2.05) is 17.5 Å². The van der Waals surface area contributed by atoms with Gasteiger partial charge in [0.2, 0.25) is 5.78 Å². The van der Waals surface area contributed by atoms with E-state index in [0.717, 1.165) is 30.9 Å². The second-order valence-corrected chi connectivity index (χ2v) is 7.76. The van der Waals surface area contributed by atoms with Crippen LogP contribution in [0.4, 0.5) is 0 Å². The zero-order valence-corrected chi connectivity index (χ0v) is 17.0. The molecule has 1 amide bonds. The molecule has 0 aromatic carbocycles. The Hall–Kier alpha value is -2.51. The Kier molecular flexibility index (Phi) is 6.59. The van der Waals surface area contributed by atoms with Crippen LogP contribution in [-0.2, 0) is 9.59 Å². The summed E-state index contributed by atoms with van der Waals surface area (Å²) in [5.41, 5.74) is 0.427. The van der Waals surface area contributed by atoms with Gasteiger partial charge in [-0.1, -0.05) is 11.8 Å². The van der Waals surface area contributed by atoms with E-state index in [4.69, 9.17) is 0 Å². The SMILES string of the molecule is CC[NH+](CC)CCCN1C(=O)C(=O)C(=C([O-])c2ccncc2)C1c1cccs1. The molecule has 2 aromatic heterocycles. The Morgan fingerprint density at radius 1 is 1.21 bits per heavy atom. The van der Waals surface area contributed by atoms with Gasteiger partial charge in [-0.05, 0) is 43.0 Å². The van der Waals surface area contributed by atoms with Gasteiger partial charge in [0.15, 0.2) is 0 Å². The van der Waals surface area contributed by atoms with Crippen molar-refractivity contribution in [3.05, 3.63) is 58.1 Å². The number of pyridine rings is 1. The number of amides is 1. The van der Waals surface area contributed by atoms with E-state index in [0.29, 0.717) is 12.1 Å². The summed E-state index contributed by atoms with van der Waals surface area (Å²) in [6.45, 7) is 7.71. The summed E-state index contributed by atoms with van der Waals surface area (Å²) in [5, 5.41) is 15.0. The Morgan fingerprint density at radius 3 is 2.54 bits per heavy atom. The first-order valence-corrected chi connectivity index (χ1v) is 10.5. The number of nitrogens with one attached hydrogen (secondary N) is 1. The number of Topliss-reactive ketones (excluding diaryl/α,β-unsaturated/α-hetero) is 1. The lowest BCUT2D eigenvalue weighted by Gasteiger charge is -2.27. The van der Waals surface area contributed by atoms with Crippen molar-refractivity contribution in [1.82, 2.24) is 9.88 Å². The lowest BCUT2D eigenvalue weighted by molar-refractivity contribution is -0.896. The van der Waals surface area contributed by atoms with Crippen LogP contribution in [-0.4, -0.2) is 47.8 Å². The molecular weight excluding hydrogens is 374 g/mol. The van der Waals surface area contributed by atoms with Crippen LogP contribution in [0.1, 0.15) is 36.8 Å². The zero-order valence-electron chi connectivity index (χ0n) is 16.2. The second kappa shape index (κ2) is 9.12. The third-order valence-corrected chi connectivity index (χ3v) is 6.14. The van der Waals surface area contributed by atoms with Crippen molar-refractivity contribution >= 4 is 28.8 Å². The Labute approximate surface area is 169 Å². The molecule has 7 heteroatoms. The minimum atomic E-state index is -0.685. The van der Waals surface area contributed by atoms with Crippen molar-refractivity contribution < 1.29 is 19.6 Å². The predicted molar refractivity (Wildman–Crippen MR) is 106 cm³/mol. The fourth-order valence-corrected chi connectivity index (χ4v) is 4.45. The molecule has 1 fully saturated rings. The molecule has 1 unspecified atom stereocenters. The van der Waals surface area contributed by atoms with E-state index >= 15 is 0 Å². The number of nitrogens with zero attached hydrogens (tertiary/aromatic N) is 2. The largest absolute Gasteiger partial charge is 0.872 e. The molecule has 148 valence electrons. The molecule has 3 heterocycles. The van der Waals surface area contributed by atoms with Crippen molar-refractivity contribution in [2.24, 2.45) is 0 Å². The van der Waals surface area contributed by atoms with E-state index < -0.39 is 23.5 Å². The smallest absolute Gasteiger partial charge is 0.295 e. The number of quaternary nitrogens is 1. The van der Waals surface area contributed by atoms with E-state index in [1.54, 1.807) is 17.0 Å². The summed E-state index contributed by atoms with van der Waals surface area (Å²) in [6.07, 6.45) is 3.81. The van der Waals surface area contributed by atoms with Gasteiger partial charge in [-0.2, -0.15) is 0 Å². The average molecular weight is 400 g/mol. The highest BCUT2D eigenvalue weighted by Crippen LogP contribution is 2.40. The number of carbonyl (C=O) groups excluding carboxylic acids is 2. The Balaban J connectivity index is 1.94. The highest BCUT2D eigenvalue weighted by Gasteiger charge is 2.44. The molecule has 1 N–H and O–H groups in total. The average Bonchev–Trinajstić information content (AvgIpc) is 3.33. The number of hydrogen-bond donors (Lipinski definition) is 1. The highest BCUT2D eigenvalue weighted by atomic mass is 32.1. The molecule has 2 aromatic rings. The van der Waals surface area contributed by atoms with Crippen LogP contribution in [0.25, 0.3) is 5.76 Å². The monoisotopic (exact) mass is 399 g/mol. The molecule has 1 aliphatic heterocycles. The van der Waals surface area contributed by atoms with Crippen molar-refractivity contribution in [3.63, 3.8) is 0 Å². The van der Waals surface area contributed by atoms with Gasteiger partial charge < -0.3 is 14.9 Å². The Morgan fingerprint density at radius 2 is 1.93 bits per heavy atom. The van der Waals surface area contributed by atoms with Gasteiger partial charge in [0.1, 0.15) is 0 Å². The predicted octanol–water partition coefficient (Wildman–Crippen LogP) is 0.682. The molecule has 0 radical (unpaired) electrons. The lowest BCUT2D eigenvalue weighted by atomic mass is 10.0. The summed E-state index contributed by atoms with van der Waals surface area (Å²) in [6, 6.07) is 6.30. The van der Waals surface area contributed by atoms with Crippen molar-refractivity contribution in [1.29, 1.82) is 0 Å². The fraction of sp³-hybridized carbons (Fsp3) is 0.381. The van der Waals surface area contributed by atoms with E-state index in [1.165, 1.54) is 28.6 Å². The van der Waals surface area contributed by atoms with Gasteiger partial charge >= 0.3 is 0 Å². The number of aromatic nitrogens is 1. The lowest BCUT2D eigenvalue weighted by Crippen LogP contribution is -3.11. The molecule has 1 saturated heterocycles. The third-order valence-electron chi connectivity index (χ3n) is 5.21. The normalized spacial score (nSPS) is 19.0. The summed E-state index contributed by atoms with van der Waals surface area (Å²) >= 11 is 1.46. The highest BCUT2D eigenvalue weighted by molar-refractivity contribution is 7.10. The van der Waals surface area contributed by atoms with Crippen molar-refractivity contribution in [2.45, 2.75) is 26.3 Å². The van der Waals surface area contributed by atoms with Gasteiger partial charge in [-0.15, -0.1) is 11.3 Å². The van der Waals surface area contributed by atoms with Crippen LogP contribution in [0.5, 0.6) is 0 Å². The number of ketones is 1. The topological polar surface area (TPSA) is 77.8 Å². The van der Waals surface area contributed by atoms with E-state index in [-0.39, 0.29) is 5.57 Å². The maximum atomic E-state index is 13.1. The van der Waals surface area contributed by atoms with Crippen molar-refractivity contribution in [3.8, 4) is 0 Å². The second-order valence-electron chi connectivity index (χ2n) is 6.78. The summed E-state index contributed by atoms with van der Waals surface area (Å²) in [7, 11) is 0. The van der Waals surface area contributed by atoms with Gasteiger partial charge in [-0.25, -0.2) is 0 Å². The third kappa shape index (κ3) is 4.00. The number of hydrogen-bond acceptors (Lipinski definition) is 5. The van der Waals surface area contributed by atoms with Gasteiger partial charge in [0.05, 0.1) is 25.7 Å². The number of thiophene rings is 1. The van der Waals surface area contributed by atoms with Crippen LogP contribution in [0.3, 0.4) is 0 Å². The molecule has 0 saturated carbocycles. The van der Waals surface area contributed by atoms with Gasteiger partial charge in [0, 0.05) is 35.8 Å². The molecule has 0 aliphatic carbocycles. The summed E-state index contributed by atoms with van der Waals surface area (Å²) in [5.74, 6) is -1.66. The van der Waals surface area contributed by atoms with E-state index in [9.17, 15) is 14.7 Å². The molecule has 0 spiro atoms. The first-order chi connectivity index (χ1) is 13.6. The van der Waals surface area contributed by atoms with Crippen molar-refractivity contribution in [2.75, 3.05) is 26.2 Å². The van der Waals surface area contributed by atoms with Crippen LogP contribution in [0, 0.1) is 0 Å². The molecule has 28 heavy (non-hydrogen) atoms. The fourth-order valence-electron chi connectivity index (χ4n) is 3.61. The molecule has 6 nitrogen and oxygen atoms in total. The van der Waals surface area contributed by atoms with Gasteiger partial charge in [-0.3, -0.25) is 14.6 Å². The Bertz CT molecular complexity index is 845. The van der Waals surface area contributed by atoms with Crippen LogP contribution < -0.4 is 10.0 Å². The van der Waals surface area contributed by atoms with Crippen LogP contribution in [0.15, 0.2) is 47.6 Å². The number of carbonyl (C=O) groups is 2. The number of rotatable bonds is 8. The molecular formula is C21H25N3O3S. The first kappa shape index (κ1) is 20.2. The maximum Gasteiger partial charge on any atom is 0.295 e. The van der Waals surface area contributed by atoms with Gasteiger partial charge in [0.25, 0.3) is 5.91 Å². The summed E-state index contributed by atoms with van der Waals surface area (Å²) in [4.78, 5) is 33.3. The molecule has 3 rings (SSSR count). The minimum Gasteiger partial charge on any atom is -0.872 e. The zero-order chi connectivity index (χ0) is 20.1. The standard InChI is InChI=1S/C21H25N3O3S/c1-3-23(4-2)12-6-13-24-18(16-7-5-14-28-16)17(20(26)21(24)27)19(25)15-8-10-22-11-9-15/h5,7-11,14,18,25H,3-4,6,12-13H2,1-2H3. The molecule has 0 bridgehead atoms. The summed E-state index contributed by atoms with van der Waals surface area (Å²) < 4.78 is 0. The van der Waals surface area contributed by atoms with E-state index in [2.05, 4.69) is 18.8 Å². The quantitative estimate of drug-likeness (QED) is 0.402. The first-order valence-electron chi connectivity index (χ1n) is 9.62. The molecule has 1 aliphatic rings. The van der Waals surface area contributed by atoms with Crippen LogP contribution in [0.2, 0.25) is 0 Å². The minimum absolute atomic E-state index is 0.0498. The molecule has 1 atom stereocenters. The maximum absolute atomic E-state index is 13.1. The van der Waals surface area contributed by atoms with Crippen LogP contribution >= 0.6 is 11.3 Å². The number of likely N-dealkylation sites (tertiary alicyclic amines) is 1.